The van der Waals surface area contributed by atoms with E-state index < -0.39 is 0 Å². The van der Waals surface area contributed by atoms with Gasteiger partial charge in [0.1, 0.15) is 11.5 Å². The van der Waals surface area contributed by atoms with E-state index >= 15 is 0 Å². The highest BCUT2D eigenvalue weighted by molar-refractivity contribution is 7.13. The normalized spacial score (nSPS) is 12.6. The second-order valence-electron chi connectivity index (χ2n) is 4.78. The molecule has 1 N–H and O–H groups in total. The zero-order chi connectivity index (χ0) is 13.8. The quantitative estimate of drug-likeness (QED) is 0.881. The van der Waals surface area contributed by atoms with Crippen molar-refractivity contribution in [3.05, 3.63) is 34.7 Å². The monoisotopic (exact) mass is 279 g/mol. The molecule has 5 heteroatoms. The number of anilines is 1. The van der Waals surface area contributed by atoms with E-state index in [0.29, 0.717) is 0 Å². The molecule has 0 saturated heterocycles. The summed E-state index contributed by atoms with van der Waals surface area (Å²) >= 11 is 1.66. The molecule has 0 aliphatic heterocycles. The average Bonchev–Trinajstić information content (AvgIpc) is 3.04. The van der Waals surface area contributed by atoms with E-state index in [1.54, 1.807) is 11.3 Å². The predicted octanol–water partition coefficient (Wildman–Crippen LogP) is 3.22. The minimum Gasteiger partial charge on any atom is -0.464 e. The molecule has 4 nitrogen and oxygen atoms in total. The van der Waals surface area contributed by atoms with Gasteiger partial charge in [0, 0.05) is 32.4 Å². The summed E-state index contributed by atoms with van der Waals surface area (Å²) in [6.45, 7) is 4.96. The van der Waals surface area contributed by atoms with Crippen molar-refractivity contribution >= 4 is 16.5 Å². The molecule has 2 heterocycles. The number of hydrogen-bond acceptors (Lipinski definition) is 5. The van der Waals surface area contributed by atoms with Gasteiger partial charge >= 0.3 is 0 Å². The highest BCUT2D eigenvalue weighted by atomic mass is 32.1. The Balaban J connectivity index is 1.90. The number of furan rings is 1. The van der Waals surface area contributed by atoms with Crippen molar-refractivity contribution < 1.29 is 4.42 Å². The van der Waals surface area contributed by atoms with Gasteiger partial charge in [-0.05, 0) is 19.1 Å². The smallest absolute Gasteiger partial charge is 0.185 e. The molecule has 0 aromatic carbocycles. The van der Waals surface area contributed by atoms with Crippen LogP contribution in [0, 0.1) is 0 Å². The summed E-state index contributed by atoms with van der Waals surface area (Å²) in [5, 5.41) is 6.57. The topological polar surface area (TPSA) is 41.3 Å². The molecular weight excluding hydrogens is 258 g/mol. The van der Waals surface area contributed by atoms with Gasteiger partial charge in [0.05, 0.1) is 11.7 Å². The number of aromatic nitrogens is 1. The minimum atomic E-state index is 0.199. The van der Waals surface area contributed by atoms with E-state index in [0.717, 1.165) is 35.3 Å². The van der Waals surface area contributed by atoms with Crippen LogP contribution in [0.25, 0.3) is 0 Å². The van der Waals surface area contributed by atoms with Crippen LogP contribution in [0.1, 0.15) is 37.1 Å². The van der Waals surface area contributed by atoms with Gasteiger partial charge in [0.15, 0.2) is 5.13 Å². The molecule has 0 aliphatic carbocycles. The number of aryl methyl sites for hydroxylation is 1. The van der Waals surface area contributed by atoms with E-state index in [1.807, 2.05) is 31.1 Å². The zero-order valence-corrected chi connectivity index (χ0v) is 12.8. The minimum absolute atomic E-state index is 0.199. The van der Waals surface area contributed by atoms with Crippen LogP contribution >= 0.6 is 11.3 Å². The van der Waals surface area contributed by atoms with E-state index in [2.05, 4.69) is 29.5 Å². The molecule has 0 aliphatic rings. The summed E-state index contributed by atoms with van der Waals surface area (Å²) in [5.74, 6) is 2.02. The van der Waals surface area contributed by atoms with Crippen LogP contribution in [0.5, 0.6) is 0 Å². The molecule has 19 heavy (non-hydrogen) atoms. The molecular formula is C14H21N3OS. The van der Waals surface area contributed by atoms with Crippen molar-refractivity contribution in [2.75, 3.05) is 19.0 Å². The molecule has 0 amide bonds. The van der Waals surface area contributed by atoms with Crippen molar-refractivity contribution in [3.63, 3.8) is 0 Å². The number of thiazole rings is 1. The maximum absolute atomic E-state index is 5.74. The maximum Gasteiger partial charge on any atom is 0.185 e. The third kappa shape index (κ3) is 3.58. The zero-order valence-electron chi connectivity index (χ0n) is 11.9. The summed E-state index contributed by atoms with van der Waals surface area (Å²) in [6, 6.07) is 4.29. The van der Waals surface area contributed by atoms with Crippen molar-refractivity contribution in [1.82, 2.24) is 10.3 Å². The summed E-state index contributed by atoms with van der Waals surface area (Å²) in [6.07, 6.45) is 0.936. The molecule has 0 spiro atoms. The molecule has 0 saturated carbocycles. The van der Waals surface area contributed by atoms with Gasteiger partial charge in [-0.15, -0.1) is 11.3 Å². The van der Waals surface area contributed by atoms with Gasteiger partial charge in [-0.2, -0.15) is 0 Å². The summed E-state index contributed by atoms with van der Waals surface area (Å²) in [7, 11) is 4.02. The Morgan fingerprint density at radius 1 is 1.42 bits per heavy atom. The largest absolute Gasteiger partial charge is 0.464 e. The summed E-state index contributed by atoms with van der Waals surface area (Å²) in [5.41, 5.74) is 1.07. The van der Waals surface area contributed by atoms with E-state index in [9.17, 15) is 0 Å². The van der Waals surface area contributed by atoms with Gasteiger partial charge in [0.2, 0.25) is 0 Å². The van der Waals surface area contributed by atoms with Crippen molar-refractivity contribution in [2.24, 2.45) is 0 Å². The lowest BCUT2D eigenvalue weighted by molar-refractivity contribution is 0.407. The van der Waals surface area contributed by atoms with Crippen LogP contribution in [0.2, 0.25) is 0 Å². The molecule has 2 aromatic heterocycles. The third-order valence-corrected chi connectivity index (χ3v) is 4.03. The molecule has 0 bridgehead atoms. The predicted molar refractivity (Wildman–Crippen MR) is 79.8 cm³/mol. The summed E-state index contributed by atoms with van der Waals surface area (Å²) in [4.78, 5) is 6.57. The van der Waals surface area contributed by atoms with Gasteiger partial charge in [-0.1, -0.05) is 6.92 Å². The SMILES string of the molecule is CCc1ccc([C@H](C)NCc2csc(N(C)C)n2)o1. The van der Waals surface area contributed by atoms with Crippen LogP contribution in [0.4, 0.5) is 5.13 Å². The lowest BCUT2D eigenvalue weighted by Gasteiger charge is -2.10. The van der Waals surface area contributed by atoms with Crippen molar-refractivity contribution in [1.29, 1.82) is 0 Å². The maximum atomic E-state index is 5.74. The average molecular weight is 279 g/mol. The fraction of sp³-hybridized carbons (Fsp3) is 0.500. The highest BCUT2D eigenvalue weighted by Gasteiger charge is 2.11. The Bertz CT molecular complexity index is 518. The first kappa shape index (κ1) is 14.1. The lowest BCUT2D eigenvalue weighted by atomic mass is 10.2. The molecule has 0 radical (unpaired) electrons. The van der Waals surface area contributed by atoms with Gasteiger partial charge < -0.3 is 14.6 Å². The van der Waals surface area contributed by atoms with Crippen LogP contribution in [0.15, 0.2) is 21.9 Å². The van der Waals surface area contributed by atoms with Gasteiger partial charge in [-0.3, -0.25) is 0 Å². The van der Waals surface area contributed by atoms with Crippen molar-refractivity contribution in [3.8, 4) is 0 Å². The van der Waals surface area contributed by atoms with Crippen molar-refractivity contribution in [2.45, 2.75) is 32.9 Å². The molecule has 1 atom stereocenters. The molecule has 2 rings (SSSR count). The number of hydrogen-bond donors (Lipinski definition) is 1. The van der Waals surface area contributed by atoms with Crippen LogP contribution in [-0.2, 0) is 13.0 Å². The Morgan fingerprint density at radius 3 is 2.79 bits per heavy atom. The fourth-order valence-corrected chi connectivity index (χ4v) is 2.52. The van der Waals surface area contributed by atoms with Crippen LogP contribution < -0.4 is 10.2 Å². The first-order valence-corrected chi connectivity index (χ1v) is 7.41. The van der Waals surface area contributed by atoms with Gasteiger partial charge in [0.25, 0.3) is 0 Å². The first-order valence-electron chi connectivity index (χ1n) is 6.54. The van der Waals surface area contributed by atoms with Crippen LogP contribution in [0.3, 0.4) is 0 Å². The van der Waals surface area contributed by atoms with E-state index in [1.165, 1.54) is 0 Å². The Hall–Kier alpha value is -1.33. The fourth-order valence-electron chi connectivity index (χ4n) is 1.76. The lowest BCUT2D eigenvalue weighted by Crippen LogP contribution is -2.18. The Labute approximate surface area is 118 Å². The molecule has 0 fully saturated rings. The second kappa shape index (κ2) is 6.21. The molecule has 2 aromatic rings. The highest BCUT2D eigenvalue weighted by Crippen LogP contribution is 2.20. The number of nitrogens with zero attached hydrogens (tertiary/aromatic N) is 2. The van der Waals surface area contributed by atoms with Crippen LogP contribution in [-0.4, -0.2) is 19.1 Å². The molecule has 104 valence electrons. The Morgan fingerprint density at radius 2 is 2.21 bits per heavy atom. The first-order chi connectivity index (χ1) is 9.10. The van der Waals surface area contributed by atoms with Gasteiger partial charge in [-0.25, -0.2) is 4.98 Å². The second-order valence-corrected chi connectivity index (χ2v) is 5.61. The van der Waals surface area contributed by atoms with E-state index in [4.69, 9.17) is 4.42 Å². The number of nitrogens with one attached hydrogen (secondary N) is 1. The number of rotatable bonds is 6. The van der Waals surface area contributed by atoms with E-state index in [-0.39, 0.29) is 6.04 Å². The summed E-state index contributed by atoms with van der Waals surface area (Å²) < 4.78 is 5.74. The molecule has 0 unspecified atom stereocenters. The third-order valence-electron chi connectivity index (χ3n) is 2.97. The standard InChI is InChI=1S/C14H21N3OS/c1-5-12-6-7-13(18-12)10(2)15-8-11-9-19-14(16-11)17(3)4/h6-7,9-10,15H,5,8H2,1-4H3/t10-/m0/s1. The Kier molecular flexibility index (Phi) is 4.61.